The van der Waals surface area contributed by atoms with Gasteiger partial charge in [-0.2, -0.15) is 0 Å². The summed E-state index contributed by atoms with van der Waals surface area (Å²) >= 11 is 0. The molecule has 0 radical (unpaired) electrons. The van der Waals surface area contributed by atoms with E-state index in [0.717, 1.165) is 11.4 Å². The number of carboxylic acid groups (broad SMARTS) is 1. The van der Waals surface area contributed by atoms with E-state index in [4.69, 9.17) is 9.84 Å². The zero-order valence-electron chi connectivity index (χ0n) is 13.5. The molecule has 4 heteroatoms. The highest BCUT2D eigenvalue weighted by Gasteiger charge is 2.30. The summed E-state index contributed by atoms with van der Waals surface area (Å²) < 4.78 is 6.04. The van der Waals surface area contributed by atoms with Gasteiger partial charge in [-0.15, -0.1) is 0 Å². The number of aliphatic carboxylic acids is 1. The third kappa shape index (κ3) is 3.49. The number of ether oxygens (including phenoxy) is 1. The Hall–Kier alpha value is -1.71. The van der Waals surface area contributed by atoms with Gasteiger partial charge in [0.05, 0.1) is 12.2 Å². The average molecular weight is 291 g/mol. The predicted molar refractivity (Wildman–Crippen MR) is 84.2 cm³/mol. The van der Waals surface area contributed by atoms with Gasteiger partial charge in [0.25, 0.3) is 0 Å². The van der Waals surface area contributed by atoms with Gasteiger partial charge in [-0.1, -0.05) is 40.7 Å². The lowest BCUT2D eigenvalue weighted by Crippen LogP contribution is -2.45. The van der Waals surface area contributed by atoms with Gasteiger partial charge < -0.3 is 14.7 Å². The number of benzene rings is 1. The lowest BCUT2D eigenvalue weighted by molar-refractivity contribution is -0.135. The van der Waals surface area contributed by atoms with Crippen LogP contribution in [-0.4, -0.2) is 30.3 Å². The van der Waals surface area contributed by atoms with E-state index in [9.17, 15) is 4.79 Å². The summed E-state index contributed by atoms with van der Waals surface area (Å²) in [6, 6.07) is 6.11. The molecule has 1 atom stereocenters. The van der Waals surface area contributed by atoms with E-state index in [1.165, 1.54) is 5.56 Å². The molecule has 4 nitrogen and oxygen atoms in total. The van der Waals surface area contributed by atoms with Crippen molar-refractivity contribution in [2.75, 3.05) is 18.0 Å². The number of nitrogens with zero attached hydrogens (tertiary/aromatic N) is 1. The summed E-state index contributed by atoms with van der Waals surface area (Å²) in [4.78, 5) is 13.1. The summed E-state index contributed by atoms with van der Waals surface area (Å²) in [5.41, 5.74) is 2.10. The minimum atomic E-state index is -0.813. The third-order valence-electron chi connectivity index (χ3n) is 3.91. The van der Waals surface area contributed by atoms with E-state index in [2.05, 4.69) is 46.8 Å². The number of hydrogen-bond acceptors (Lipinski definition) is 3. The van der Waals surface area contributed by atoms with Gasteiger partial charge in [-0.25, -0.2) is 0 Å². The molecule has 0 aliphatic carbocycles. The van der Waals surface area contributed by atoms with E-state index in [1.807, 2.05) is 11.0 Å². The van der Waals surface area contributed by atoms with Crippen molar-refractivity contribution >= 4 is 11.7 Å². The molecule has 116 valence electrons. The van der Waals surface area contributed by atoms with E-state index < -0.39 is 5.97 Å². The molecule has 1 aliphatic rings. The lowest BCUT2D eigenvalue weighted by atomic mass is 9.86. The van der Waals surface area contributed by atoms with Crippen LogP contribution in [0.5, 0.6) is 5.75 Å². The molecule has 2 rings (SSSR count). The lowest BCUT2D eigenvalue weighted by Gasteiger charge is -2.38. The van der Waals surface area contributed by atoms with Gasteiger partial charge >= 0.3 is 5.97 Å². The van der Waals surface area contributed by atoms with Crippen LogP contribution in [0.15, 0.2) is 18.2 Å². The largest absolute Gasteiger partial charge is 0.486 e. The van der Waals surface area contributed by atoms with Crippen LogP contribution in [0.2, 0.25) is 0 Å². The molecule has 0 bridgehead atoms. The van der Waals surface area contributed by atoms with Crippen molar-refractivity contribution in [2.45, 2.75) is 46.1 Å². The Kier molecular flexibility index (Phi) is 4.17. The zero-order chi connectivity index (χ0) is 15.8. The van der Waals surface area contributed by atoms with Gasteiger partial charge in [0.1, 0.15) is 18.4 Å². The highest BCUT2D eigenvalue weighted by Crippen LogP contribution is 2.38. The van der Waals surface area contributed by atoms with Gasteiger partial charge in [0.15, 0.2) is 0 Å². The summed E-state index contributed by atoms with van der Waals surface area (Å²) in [5, 5.41) is 9.16. The molecule has 0 saturated carbocycles. The fourth-order valence-corrected chi connectivity index (χ4v) is 2.51. The van der Waals surface area contributed by atoms with Gasteiger partial charge in [-0.05, 0) is 29.0 Å². The van der Waals surface area contributed by atoms with E-state index in [1.54, 1.807) is 0 Å². The van der Waals surface area contributed by atoms with Crippen molar-refractivity contribution in [3.63, 3.8) is 0 Å². The number of anilines is 1. The molecule has 0 amide bonds. The molecule has 1 aliphatic heterocycles. The van der Waals surface area contributed by atoms with Crippen LogP contribution in [0.25, 0.3) is 0 Å². The maximum absolute atomic E-state index is 11.2. The summed E-state index contributed by atoms with van der Waals surface area (Å²) in [7, 11) is 0. The number of carbonyl (C=O) groups is 1. The van der Waals surface area contributed by atoms with Gasteiger partial charge in [-0.3, -0.25) is 4.79 Å². The van der Waals surface area contributed by atoms with Crippen LogP contribution in [0.4, 0.5) is 5.69 Å². The molecule has 1 N–H and O–H groups in total. The van der Waals surface area contributed by atoms with Crippen molar-refractivity contribution < 1.29 is 14.6 Å². The van der Waals surface area contributed by atoms with Crippen LogP contribution in [-0.2, 0) is 10.2 Å². The molecule has 1 heterocycles. The molecule has 1 unspecified atom stereocenters. The SMILES string of the molecule is CC(C)C1CN(CC(=O)O)c2cc(C(C)(C)C)ccc2O1. The first-order valence-corrected chi connectivity index (χ1v) is 7.46. The van der Waals surface area contributed by atoms with Gasteiger partial charge in [0.2, 0.25) is 0 Å². The number of carboxylic acids is 1. The predicted octanol–water partition coefficient (Wildman–Crippen LogP) is 3.29. The quantitative estimate of drug-likeness (QED) is 0.928. The molecular formula is C17H25NO3. The minimum Gasteiger partial charge on any atom is -0.486 e. The van der Waals surface area contributed by atoms with E-state index in [-0.39, 0.29) is 18.1 Å². The molecule has 21 heavy (non-hydrogen) atoms. The van der Waals surface area contributed by atoms with E-state index >= 15 is 0 Å². The van der Waals surface area contributed by atoms with Crippen LogP contribution >= 0.6 is 0 Å². The highest BCUT2D eigenvalue weighted by molar-refractivity contribution is 5.76. The maximum Gasteiger partial charge on any atom is 0.323 e. The second kappa shape index (κ2) is 5.58. The van der Waals surface area contributed by atoms with Crippen LogP contribution in [0.1, 0.15) is 40.2 Å². The van der Waals surface area contributed by atoms with E-state index in [0.29, 0.717) is 12.5 Å². The van der Waals surface area contributed by atoms with Crippen molar-refractivity contribution in [1.82, 2.24) is 0 Å². The van der Waals surface area contributed by atoms with Crippen molar-refractivity contribution in [3.8, 4) is 5.75 Å². The summed E-state index contributed by atoms with van der Waals surface area (Å²) in [6.45, 7) is 11.3. The molecule has 0 aromatic heterocycles. The first-order valence-electron chi connectivity index (χ1n) is 7.46. The smallest absolute Gasteiger partial charge is 0.323 e. The Bertz CT molecular complexity index is 531. The summed E-state index contributed by atoms with van der Waals surface area (Å²) in [6.07, 6.45) is 0.0253. The monoisotopic (exact) mass is 291 g/mol. The second-order valence-electron chi connectivity index (χ2n) is 7.11. The molecule has 0 fully saturated rings. The molecule has 0 saturated heterocycles. The Morgan fingerprint density at radius 2 is 2.10 bits per heavy atom. The van der Waals surface area contributed by atoms with Crippen molar-refractivity contribution in [1.29, 1.82) is 0 Å². The number of rotatable bonds is 3. The second-order valence-corrected chi connectivity index (χ2v) is 7.11. The molecule has 0 spiro atoms. The fourth-order valence-electron chi connectivity index (χ4n) is 2.51. The Morgan fingerprint density at radius 1 is 1.43 bits per heavy atom. The first kappa shape index (κ1) is 15.7. The topological polar surface area (TPSA) is 49.8 Å². The minimum absolute atomic E-state index is 0.00712. The maximum atomic E-state index is 11.2. The molecule has 1 aromatic carbocycles. The Labute approximate surface area is 126 Å². The third-order valence-corrected chi connectivity index (χ3v) is 3.91. The fraction of sp³-hybridized carbons (Fsp3) is 0.588. The van der Waals surface area contributed by atoms with Crippen molar-refractivity contribution in [3.05, 3.63) is 23.8 Å². The summed E-state index contributed by atoms with van der Waals surface area (Å²) in [5.74, 6) is 0.317. The number of fused-ring (bicyclic) bond motifs is 1. The number of hydrogen-bond donors (Lipinski definition) is 1. The molecular weight excluding hydrogens is 266 g/mol. The van der Waals surface area contributed by atoms with Crippen LogP contribution in [0.3, 0.4) is 0 Å². The highest BCUT2D eigenvalue weighted by atomic mass is 16.5. The standard InChI is InChI=1S/C17H25NO3/c1-11(2)15-9-18(10-16(19)20)13-8-12(17(3,4)5)6-7-14(13)21-15/h6-8,11,15H,9-10H2,1-5H3,(H,19,20). The Balaban J connectivity index is 2.41. The normalized spacial score (nSPS) is 18.4. The van der Waals surface area contributed by atoms with Crippen molar-refractivity contribution in [2.24, 2.45) is 5.92 Å². The first-order chi connectivity index (χ1) is 9.68. The van der Waals surface area contributed by atoms with Gasteiger partial charge in [0, 0.05) is 0 Å². The Morgan fingerprint density at radius 3 is 2.62 bits per heavy atom. The molecule has 1 aromatic rings. The van der Waals surface area contributed by atoms with Crippen LogP contribution < -0.4 is 9.64 Å². The average Bonchev–Trinajstić information content (AvgIpc) is 2.36. The van der Waals surface area contributed by atoms with Crippen LogP contribution in [0, 0.1) is 5.92 Å². The zero-order valence-corrected chi connectivity index (χ0v) is 13.5.